The summed E-state index contributed by atoms with van der Waals surface area (Å²) in [6.07, 6.45) is 3.42. The third-order valence-electron chi connectivity index (χ3n) is 2.94. The third-order valence-corrected chi connectivity index (χ3v) is 4.34. The summed E-state index contributed by atoms with van der Waals surface area (Å²) >= 11 is 1.97. The van der Waals surface area contributed by atoms with Gasteiger partial charge in [0.05, 0.1) is 5.92 Å². The molecule has 94 valence electrons. The van der Waals surface area contributed by atoms with E-state index in [1.165, 1.54) is 18.6 Å². The van der Waals surface area contributed by atoms with Crippen LogP contribution in [0.5, 0.6) is 0 Å². The van der Waals surface area contributed by atoms with Gasteiger partial charge in [-0.1, -0.05) is 13.8 Å². The average Bonchev–Trinajstić information content (AvgIpc) is 2.75. The lowest BCUT2D eigenvalue weighted by atomic mass is 9.96. The van der Waals surface area contributed by atoms with Crippen molar-refractivity contribution >= 4 is 17.7 Å². The molecule has 0 aromatic carbocycles. The minimum Gasteiger partial charge on any atom is -0.355 e. The molecule has 0 spiro atoms. The molecule has 3 N–H and O–H groups in total. The molecule has 0 bridgehead atoms. The Bertz CT molecular complexity index is 215. The molecule has 2 atom stereocenters. The van der Waals surface area contributed by atoms with Crippen LogP contribution in [-0.2, 0) is 4.79 Å². The van der Waals surface area contributed by atoms with Crippen molar-refractivity contribution in [2.24, 2.45) is 17.6 Å². The number of rotatable bonds is 6. The maximum absolute atomic E-state index is 11.9. The Morgan fingerprint density at radius 3 is 2.81 bits per heavy atom. The van der Waals surface area contributed by atoms with E-state index < -0.39 is 0 Å². The van der Waals surface area contributed by atoms with E-state index in [9.17, 15) is 4.79 Å². The van der Waals surface area contributed by atoms with Crippen molar-refractivity contribution in [3.8, 4) is 0 Å². The fraction of sp³-hybridized carbons (Fsp3) is 0.917. The predicted octanol–water partition coefficient (Wildman–Crippen LogP) is 1.62. The largest absolute Gasteiger partial charge is 0.355 e. The first-order valence-electron chi connectivity index (χ1n) is 6.22. The lowest BCUT2D eigenvalue weighted by molar-refractivity contribution is -0.125. The first-order valence-corrected chi connectivity index (χ1v) is 7.27. The van der Waals surface area contributed by atoms with E-state index in [-0.39, 0.29) is 11.8 Å². The normalized spacial score (nSPS) is 22.4. The van der Waals surface area contributed by atoms with Gasteiger partial charge in [-0.2, -0.15) is 11.8 Å². The minimum atomic E-state index is -0.00796. The Kier molecular flexibility index (Phi) is 6.21. The number of carbonyl (C=O) groups is 1. The summed E-state index contributed by atoms with van der Waals surface area (Å²) < 4.78 is 0. The van der Waals surface area contributed by atoms with Crippen molar-refractivity contribution in [1.29, 1.82) is 0 Å². The second kappa shape index (κ2) is 7.17. The number of nitrogens with two attached hydrogens (primary N) is 1. The molecule has 1 heterocycles. The van der Waals surface area contributed by atoms with Crippen molar-refractivity contribution in [1.82, 2.24) is 5.32 Å². The van der Waals surface area contributed by atoms with Gasteiger partial charge in [0.25, 0.3) is 0 Å². The van der Waals surface area contributed by atoms with E-state index >= 15 is 0 Å². The van der Waals surface area contributed by atoms with Crippen molar-refractivity contribution < 1.29 is 4.79 Å². The summed E-state index contributed by atoms with van der Waals surface area (Å²) in [7, 11) is 0. The van der Waals surface area contributed by atoms with Gasteiger partial charge in [-0.25, -0.2) is 0 Å². The van der Waals surface area contributed by atoms with Gasteiger partial charge in [-0.05, 0) is 30.9 Å². The van der Waals surface area contributed by atoms with E-state index in [2.05, 4.69) is 19.2 Å². The second-order valence-corrected chi connectivity index (χ2v) is 6.35. The van der Waals surface area contributed by atoms with Crippen molar-refractivity contribution in [3.05, 3.63) is 0 Å². The van der Waals surface area contributed by atoms with Gasteiger partial charge in [-0.3, -0.25) is 4.79 Å². The van der Waals surface area contributed by atoms with Gasteiger partial charge in [0.2, 0.25) is 5.91 Å². The number of carbonyl (C=O) groups excluding carboxylic acids is 1. The molecule has 0 aromatic heterocycles. The number of hydrogen-bond donors (Lipinski definition) is 2. The first-order chi connectivity index (χ1) is 7.63. The fourth-order valence-corrected chi connectivity index (χ4v) is 3.24. The van der Waals surface area contributed by atoms with Gasteiger partial charge in [0.1, 0.15) is 0 Å². The highest BCUT2D eigenvalue weighted by Gasteiger charge is 2.20. The lowest BCUT2D eigenvalue weighted by Gasteiger charge is -2.18. The van der Waals surface area contributed by atoms with E-state index in [0.717, 1.165) is 13.0 Å². The maximum Gasteiger partial charge on any atom is 0.224 e. The van der Waals surface area contributed by atoms with Crippen LogP contribution in [-0.4, -0.2) is 30.0 Å². The van der Waals surface area contributed by atoms with Crippen molar-refractivity contribution in [2.45, 2.75) is 38.4 Å². The molecular weight excluding hydrogens is 220 g/mol. The second-order valence-electron chi connectivity index (χ2n) is 4.94. The topological polar surface area (TPSA) is 55.1 Å². The standard InChI is InChI=1S/C12H24N2OS/c1-9(2)6-10(7-13)12(15)14-8-11-4-3-5-16-11/h9-11H,3-8,13H2,1-2H3,(H,14,15). The molecule has 1 fully saturated rings. The Morgan fingerprint density at radius 2 is 2.31 bits per heavy atom. The SMILES string of the molecule is CC(C)CC(CN)C(=O)NCC1CCCS1. The quantitative estimate of drug-likeness (QED) is 0.746. The van der Waals surface area contributed by atoms with Crippen LogP contribution >= 0.6 is 11.8 Å². The highest BCUT2D eigenvalue weighted by Crippen LogP contribution is 2.25. The highest BCUT2D eigenvalue weighted by atomic mass is 32.2. The van der Waals surface area contributed by atoms with E-state index in [1.54, 1.807) is 0 Å². The predicted molar refractivity (Wildman–Crippen MR) is 70.5 cm³/mol. The summed E-state index contributed by atoms with van der Waals surface area (Å²) in [6, 6.07) is 0. The monoisotopic (exact) mass is 244 g/mol. The smallest absolute Gasteiger partial charge is 0.224 e. The van der Waals surface area contributed by atoms with Crippen LogP contribution in [0.3, 0.4) is 0 Å². The summed E-state index contributed by atoms with van der Waals surface area (Å²) in [5.41, 5.74) is 5.64. The molecule has 1 aliphatic heterocycles. The Balaban J connectivity index is 2.25. The molecule has 3 nitrogen and oxygen atoms in total. The van der Waals surface area contributed by atoms with Gasteiger partial charge in [0.15, 0.2) is 0 Å². The van der Waals surface area contributed by atoms with Crippen LogP contribution in [0.25, 0.3) is 0 Å². The van der Waals surface area contributed by atoms with E-state index in [0.29, 0.717) is 17.7 Å². The van der Waals surface area contributed by atoms with E-state index in [1.807, 2.05) is 11.8 Å². The van der Waals surface area contributed by atoms with Crippen LogP contribution in [0, 0.1) is 11.8 Å². The molecule has 1 rings (SSSR count). The molecular formula is C12H24N2OS. The Labute approximate surface area is 103 Å². The first kappa shape index (κ1) is 13.8. The Morgan fingerprint density at radius 1 is 1.56 bits per heavy atom. The van der Waals surface area contributed by atoms with Gasteiger partial charge < -0.3 is 11.1 Å². The van der Waals surface area contributed by atoms with Crippen LogP contribution in [0.1, 0.15) is 33.1 Å². The van der Waals surface area contributed by atoms with Crippen LogP contribution in [0.15, 0.2) is 0 Å². The molecule has 0 aromatic rings. The maximum atomic E-state index is 11.9. The van der Waals surface area contributed by atoms with Crippen LogP contribution in [0.4, 0.5) is 0 Å². The molecule has 4 heteroatoms. The summed E-state index contributed by atoms with van der Waals surface area (Å²) in [4.78, 5) is 11.9. The zero-order valence-corrected chi connectivity index (χ0v) is 11.2. The van der Waals surface area contributed by atoms with Gasteiger partial charge >= 0.3 is 0 Å². The summed E-state index contributed by atoms with van der Waals surface area (Å²) in [5.74, 6) is 1.91. The minimum absolute atomic E-state index is 0.00796. The number of amides is 1. The Hall–Kier alpha value is -0.220. The number of nitrogens with one attached hydrogen (secondary N) is 1. The molecule has 0 aliphatic carbocycles. The summed E-state index contributed by atoms with van der Waals surface area (Å²) in [6.45, 7) is 5.53. The number of hydrogen-bond acceptors (Lipinski definition) is 3. The van der Waals surface area contributed by atoms with Crippen molar-refractivity contribution in [3.63, 3.8) is 0 Å². The summed E-state index contributed by atoms with van der Waals surface area (Å²) in [5, 5.41) is 3.67. The van der Waals surface area contributed by atoms with Crippen molar-refractivity contribution in [2.75, 3.05) is 18.8 Å². The zero-order chi connectivity index (χ0) is 12.0. The number of thioether (sulfide) groups is 1. The molecule has 0 radical (unpaired) electrons. The molecule has 1 saturated heterocycles. The molecule has 2 unspecified atom stereocenters. The highest BCUT2D eigenvalue weighted by molar-refractivity contribution is 8.00. The van der Waals surface area contributed by atoms with Gasteiger partial charge in [-0.15, -0.1) is 0 Å². The molecule has 0 saturated carbocycles. The lowest BCUT2D eigenvalue weighted by Crippen LogP contribution is -2.38. The molecule has 1 amide bonds. The third kappa shape index (κ3) is 4.74. The molecule has 16 heavy (non-hydrogen) atoms. The average molecular weight is 244 g/mol. The van der Waals surface area contributed by atoms with Gasteiger partial charge in [0, 0.05) is 18.3 Å². The van der Waals surface area contributed by atoms with E-state index in [4.69, 9.17) is 5.73 Å². The molecule has 1 aliphatic rings. The fourth-order valence-electron chi connectivity index (χ4n) is 2.04. The van der Waals surface area contributed by atoms with Crippen LogP contribution in [0.2, 0.25) is 0 Å². The van der Waals surface area contributed by atoms with Crippen LogP contribution < -0.4 is 11.1 Å². The zero-order valence-electron chi connectivity index (χ0n) is 10.4.